The van der Waals surface area contributed by atoms with Crippen molar-refractivity contribution >= 4 is 14.0 Å². The van der Waals surface area contributed by atoms with Gasteiger partial charge < -0.3 is 24.3 Å². The summed E-state index contributed by atoms with van der Waals surface area (Å²) in [6.45, 7) is 4.15. The Kier molecular flexibility index (Phi) is 7.50. The first-order valence-electron chi connectivity index (χ1n) is 6.68. The summed E-state index contributed by atoms with van der Waals surface area (Å²) in [7, 11) is -0.820. The number of ether oxygens (including phenoxy) is 1. The van der Waals surface area contributed by atoms with Crippen LogP contribution in [0.2, 0.25) is 0 Å². The minimum absolute atomic E-state index is 0.868. The van der Waals surface area contributed by atoms with Crippen LogP contribution < -0.4 is 4.74 Å². The highest BCUT2D eigenvalue weighted by Crippen LogP contribution is 2.25. The minimum atomic E-state index is -4.64. The molecule has 9 heteroatoms. The molecule has 0 bridgehead atoms. The van der Waals surface area contributed by atoms with Gasteiger partial charge in [-0.25, -0.2) is 4.57 Å². The molecule has 0 amide bonds. The van der Waals surface area contributed by atoms with Gasteiger partial charge in [0.1, 0.15) is 5.75 Å². The van der Waals surface area contributed by atoms with Crippen LogP contribution in [-0.4, -0.2) is 71.1 Å². The molecular weight excluding hydrogens is 309 g/mol. The zero-order chi connectivity index (χ0) is 16.6. The first kappa shape index (κ1) is 18.6. The molecule has 1 heterocycles. The lowest BCUT2D eigenvalue weighted by molar-refractivity contribution is 0.159. The van der Waals surface area contributed by atoms with Gasteiger partial charge in [-0.1, -0.05) is 12.1 Å². The summed E-state index contributed by atoms with van der Waals surface area (Å²) in [5.41, 5.74) is 1.07. The zero-order valence-corrected chi connectivity index (χ0v) is 13.6. The third-order valence-electron chi connectivity index (χ3n) is 2.94. The van der Waals surface area contributed by atoms with Crippen LogP contribution in [-0.2, 0) is 4.57 Å². The van der Waals surface area contributed by atoms with Crippen LogP contribution in [0.5, 0.6) is 5.75 Å². The van der Waals surface area contributed by atoms with Crippen molar-refractivity contribution in [2.45, 2.75) is 0 Å². The molecule has 0 unspecified atom stereocenters. The van der Waals surface area contributed by atoms with E-state index in [1.807, 2.05) is 30.5 Å². The van der Waals surface area contributed by atoms with Gasteiger partial charge in [0, 0.05) is 26.2 Å². The number of hydrazone groups is 1. The van der Waals surface area contributed by atoms with Gasteiger partial charge in [-0.2, -0.15) is 5.10 Å². The summed E-state index contributed by atoms with van der Waals surface area (Å²) in [5, 5.41) is 6.60. The molecule has 1 aromatic carbocycles. The van der Waals surface area contributed by atoms with E-state index in [2.05, 4.69) is 22.1 Å². The molecule has 124 valence electrons. The van der Waals surface area contributed by atoms with Crippen molar-refractivity contribution in [2.24, 2.45) is 5.10 Å². The molecule has 0 atom stereocenters. The average Bonchev–Trinajstić information content (AvgIpc) is 2.45. The maximum Gasteiger partial charge on any atom is 0.466 e. The van der Waals surface area contributed by atoms with Gasteiger partial charge in [0.05, 0.1) is 13.3 Å². The fraction of sp³-hybridized carbons (Fsp3) is 0.462. The second-order valence-electron chi connectivity index (χ2n) is 4.79. The summed E-state index contributed by atoms with van der Waals surface area (Å²) in [6.07, 6.45) is 1.90. The lowest BCUT2D eigenvalue weighted by Gasteiger charge is -2.30. The van der Waals surface area contributed by atoms with E-state index in [-0.39, 0.29) is 0 Å². The first-order valence-corrected chi connectivity index (χ1v) is 8.24. The maximum absolute atomic E-state index is 8.88. The molecule has 22 heavy (non-hydrogen) atoms. The number of piperazine rings is 1. The Morgan fingerprint density at radius 2 is 1.82 bits per heavy atom. The average molecular weight is 331 g/mol. The van der Waals surface area contributed by atoms with Crippen molar-refractivity contribution in [3.8, 4) is 5.75 Å². The standard InChI is InChI=1S/C13H19N3O.H3O4P/c1-15-6-8-16(9-7-15)14-11-12-4-3-5-13(10-12)17-2;1-5(2,3)4/h3-5,10-11H,6-9H2,1-2H3;(H3,1,2,3,4)/b14-11+;. The normalized spacial score (nSPS) is 16.3. The fourth-order valence-corrected chi connectivity index (χ4v) is 1.78. The van der Waals surface area contributed by atoms with E-state index >= 15 is 0 Å². The van der Waals surface area contributed by atoms with Crippen LogP contribution >= 0.6 is 7.82 Å². The number of rotatable bonds is 3. The van der Waals surface area contributed by atoms with Crippen molar-refractivity contribution in [1.29, 1.82) is 0 Å². The molecule has 1 aromatic rings. The number of methoxy groups -OCH3 is 1. The smallest absolute Gasteiger partial charge is 0.466 e. The molecule has 0 aliphatic carbocycles. The van der Waals surface area contributed by atoms with Gasteiger partial charge in [-0.3, -0.25) is 5.01 Å². The van der Waals surface area contributed by atoms with Crippen LogP contribution in [0.15, 0.2) is 29.4 Å². The Balaban J connectivity index is 0.000000422. The van der Waals surface area contributed by atoms with E-state index in [9.17, 15) is 0 Å². The predicted octanol–water partition coefficient (Wildman–Crippen LogP) is 0.348. The highest BCUT2D eigenvalue weighted by atomic mass is 31.2. The summed E-state index contributed by atoms with van der Waals surface area (Å²) in [6, 6.07) is 7.93. The quantitative estimate of drug-likeness (QED) is 0.542. The van der Waals surface area contributed by atoms with Gasteiger partial charge >= 0.3 is 7.82 Å². The Bertz CT molecular complexity index is 518. The van der Waals surface area contributed by atoms with Crippen LogP contribution in [0.3, 0.4) is 0 Å². The molecule has 1 aliphatic rings. The van der Waals surface area contributed by atoms with E-state index in [1.54, 1.807) is 7.11 Å². The van der Waals surface area contributed by atoms with E-state index < -0.39 is 7.82 Å². The van der Waals surface area contributed by atoms with Gasteiger partial charge in [0.2, 0.25) is 0 Å². The van der Waals surface area contributed by atoms with Gasteiger partial charge in [-0.15, -0.1) is 0 Å². The highest BCUT2D eigenvalue weighted by molar-refractivity contribution is 7.45. The topological polar surface area (TPSA) is 106 Å². The Labute approximate surface area is 129 Å². The fourth-order valence-electron chi connectivity index (χ4n) is 1.78. The predicted molar refractivity (Wildman–Crippen MR) is 83.9 cm³/mol. The van der Waals surface area contributed by atoms with Crippen molar-refractivity contribution in [3.63, 3.8) is 0 Å². The molecule has 0 saturated carbocycles. The maximum atomic E-state index is 8.88. The Hall–Kier alpha value is -1.44. The molecule has 1 aliphatic heterocycles. The lowest BCUT2D eigenvalue weighted by atomic mass is 10.2. The first-order chi connectivity index (χ1) is 10.3. The molecule has 8 nitrogen and oxygen atoms in total. The van der Waals surface area contributed by atoms with E-state index in [4.69, 9.17) is 24.0 Å². The van der Waals surface area contributed by atoms with Gasteiger partial charge in [-0.05, 0) is 24.7 Å². The van der Waals surface area contributed by atoms with Crippen molar-refractivity contribution in [3.05, 3.63) is 29.8 Å². The van der Waals surface area contributed by atoms with E-state index in [0.717, 1.165) is 37.5 Å². The number of nitrogens with zero attached hydrogens (tertiary/aromatic N) is 3. The Morgan fingerprint density at radius 1 is 1.23 bits per heavy atom. The van der Waals surface area contributed by atoms with Crippen LogP contribution in [0, 0.1) is 0 Å². The minimum Gasteiger partial charge on any atom is -0.497 e. The number of hydrogen-bond acceptors (Lipinski definition) is 5. The number of benzene rings is 1. The van der Waals surface area contributed by atoms with E-state index in [0.29, 0.717) is 0 Å². The van der Waals surface area contributed by atoms with Crippen LogP contribution in [0.1, 0.15) is 5.56 Å². The molecule has 0 spiro atoms. The second-order valence-corrected chi connectivity index (χ2v) is 5.82. The molecular formula is C13H22N3O5P. The van der Waals surface area contributed by atoms with Crippen molar-refractivity contribution in [2.75, 3.05) is 40.3 Å². The number of likely N-dealkylation sites (N-methyl/N-ethyl adjacent to an activating group) is 1. The molecule has 3 N–H and O–H groups in total. The third-order valence-corrected chi connectivity index (χ3v) is 2.94. The van der Waals surface area contributed by atoms with Gasteiger partial charge in [0.25, 0.3) is 0 Å². The zero-order valence-electron chi connectivity index (χ0n) is 12.7. The molecule has 1 fully saturated rings. The molecule has 0 aromatic heterocycles. The number of phosphoric acid groups is 1. The molecule has 2 rings (SSSR count). The monoisotopic (exact) mass is 331 g/mol. The Morgan fingerprint density at radius 3 is 2.36 bits per heavy atom. The second kappa shape index (κ2) is 8.87. The van der Waals surface area contributed by atoms with Crippen LogP contribution in [0.4, 0.5) is 0 Å². The molecule has 1 saturated heterocycles. The summed E-state index contributed by atoms with van der Waals surface area (Å²) < 4.78 is 14.1. The van der Waals surface area contributed by atoms with Crippen molar-refractivity contribution in [1.82, 2.24) is 9.91 Å². The van der Waals surface area contributed by atoms with Gasteiger partial charge in [0.15, 0.2) is 0 Å². The third kappa shape index (κ3) is 8.76. The lowest BCUT2D eigenvalue weighted by Crippen LogP contribution is -2.41. The largest absolute Gasteiger partial charge is 0.497 e. The SMILES string of the molecule is COc1cccc(/C=N/N2CCN(C)CC2)c1.O=P(O)(O)O. The van der Waals surface area contributed by atoms with E-state index in [1.165, 1.54) is 0 Å². The summed E-state index contributed by atoms with van der Waals surface area (Å²) in [4.78, 5) is 23.9. The summed E-state index contributed by atoms with van der Waals surface area (Å²) in [5.74, 6) is 0.868. The molecule has 0 radical (unpaired) electrons. The van der Waals surface area contributed by atoms with Crippen LogP contribution in [0.25, 0.3) is 0 Å². The highest BCUT2D eigenvalue weighted by Gasteiger charge is 2.10. The number of hydrogen-bond donors (Lipinski definition) is 3. The van der Waals surface area contributed by atoms with Crippen molar-refractivity contribution < 1.29 is 24.0 Å². The summed E-state index contributed by atoms with van der Waals surface area (Å²) >= 11 is 0.